The first-order chi connectivity index (χ1) is 12.1. The topological polar surface area (TPSA) is 64.2 Å². The SMILES string of the molecule is CCn1c(SCC(=O)N(C)c2ccccc2)nnc1-c1ccoc1C. The molecule has 0 atom stereocenters. The van der Waals surface area contributed by atoms with Crippen LogP contribution in [0, 0.1) is 6.92 Å². The highest BCUT2D eigenvalue weighted by Gasteiger charge is 2.18. The number of benzene rings is 1. The van der Waals surface area contributed by atoms with Crippen molar-refractivity contribution in [2.75, 3.05) is 17.7 Å². The number of anilines is 1. The lowest BCUT2D eigenvalue weighted by molar-refractivity contribution is -0.115. The van der Waals surface area contributed by atoms with E-state index in [1.807, 2.05) is 54.8 Å². The number of hydrogen-bond acceptors (Lipinski definition) is 5. The molecular formula is C18H20N4O2S. The molecule has 6 nitrogen and oxygen atoms in total. The van der Waals surface area contributed by atoms with Gasteiger partial charge >= 0.3 is 0 Å². The number of aryl methyl sites for hydroxylation is 1. The minimum absolute atomic E-state index is 0.0166. The average molecular weight is 356 g/mol. The molecule has 0 aliphatic carbocycles. The van der Waals surface area contributed by atoms with Gasteiger partial charge in [-0.1, -0.05) is 30.0 Å². The molecule has 1 aromatic carbocycles. The third-order valence-electron chi connectivity index (χ3n) is 3.98. The van der Waals surface area contributed by atoms with E-state index in [9.17, 15) is 4.79 Å². The number of carbonyl (C=O) groups is 1. The van der Waals surface area contributed by atoms with Crippen molar-refractivity contribution >= 4 is 23.4 Å². The van der Waals surface area contributed by atoms with Crippen LogP contribution < -0.4 is 4.90 Å². The molecule has 0 unspecified atom stereocenters. The van der Waals surface area contributed by atoms with E-state index >= 15 is 0 Å². The molecule has 0 aliphatic heterocycles. The molecule has 2 heterocycles. The fourth-order valence-corrected chi connectivity index (χ4v) is 3.43. The summed E-state index contributed by atoms with van der Waals surface area (Å²) in [4.78, 5) is 14.1. The zero-order valence-electron chi connectivity index (χ0n) is 14.5. The van der Waals surface area contributed by atoms with Crippen molar-refractivity contribution < 1.29 is 9.21 Å². The third kappa shape index (κ3) is 3.61. The monoisotopic (exact) mass is 356 g/mol. The Balaban J connectivity index is 1.72. The van der Waals surface area contributed by atoms with Crippen LogP contribution in [0.1, 0.15) is 12.7 Å². The normalized spacial score (nSPS) is 10.8. The minimum atomic E-state index is 0.0166. The van der Waals surface area contributed by atoms with E-state index in [1.54, 1.807) is 18.2 Å². The zero-order valence-corrected chi connectivity index (χ0v) is 15.3. The van der Waals surface area contributed by atoms with Gasteiger partial charge in [0.1, 0.15) is 5.76 Å². The van der Waals surface area contributed by atoms with Crippen molar-refractivity contribution in [2.24, 2.45) is 0 Å². The maximum atomic E-state index is 12.4. The van der Waals surface area contributed by atoms with Gasteiger partial charge in [0.15, 0.2) is 11.0 Å². The summed E-state index contributed by atoms with van der Waals surface area (Å²) in [5, 5.41) is 9.26. The van der Waals surface area contributed by atoms with Crippen molar-refractivity contribution in [3.05, 3.63) is 48.4 Å². The van der Waals surface area contributed by atoms with Crippen LogP contribution in [-0.4, -0.2) is 33.5 Å². The van der Waals surface area contributed by atoms with Crippen LogP contribution in [0.2, 0.25) is 0 Å². The van der Waals surface area contributed by atoms with Gasteiger partial charge in [-0.05, 0) is 32.0 Å². The highest BCUT2D eigenvalue weighted by molar-refractivity contribution is 7.99. The number of aromatic nitrogens is 3. The smallest absolute Gasteiger partial charge is 0.237 e. The molecule has 0 spiro atoms. The molecule has 0 radical (unpaired) electrons. The summed E-state index contributed by atoms with van der Waals surface area (Å²) in [7, 11) is 1.78. The van der Waals surface area contributed by atoms with Crippen molar-refractivity contribution in [2.45, 2.75) is 25.5 Å². The first kappa shape index (κ1) is 17.3. The number of amides is 1. The molecule has 0 aliphatic rings. The molecule has 7 heteroatoms. The van der Waals surface area contributed by atoms with Crippen LogP contribution in [-0.2, 0) is 11.3 Å². The van der Waals surface area contributed by atoms with Crippen LogP contribution >= 0.6 is 11.8 Å². The fourth-order valence-electron chi connectivity index (χ4n) is 2.52. The van der Waals surface area contributed by atoms with Gasteiger partial charge in [-0.15, -0.1) is 10.2 Å². The molecule has 25 heavy (non-hydrogen) atoms. The molecule has 3 rings (SSSR count). The Bertz CT molecular complexity index is 857. The molecule has 130 valence electrons. The molecule has 2 aromatic heterocycles. The number of nitrogens with zero attached hydrogens (tertiary/aromatic N) is 4. The molecule has 3 aromatic rings. The summed E-state index contributed by atoms with van der Waals surface area (Å²) < 4.78 is 7.36. The highest BCUT2D eigenvalue weighted by atomic mass is 32.2. The van der Waals surface area contributed by atoms with Gasteiger partial charge < -0.3 is 13.9 Å². The summed E-state index contributed by atoms with van der Waals surface area (Å²) in [5.74, 6) is 1.88. The second-order valence-corrected chi connectivity index (χ2v) is 6.46. The van der Waals surface area contributed by atoms with E-state index in [2.05, 4.69) is 10.2 Å². The number of para-hydroxylation sites is 1. The summed E-state index contributed by atoms with van der Waals surface area (Å²) in [6.45, 7) is 4.65. The number of thioether (sulfide) groups is 1. The van der Waals surface area contributed by atoms with E-state index in [4.69, 9.17) is 4.42 Å². The van der Waals surface area contributed by atoms with Gasteiger partial charge in [-0.3, -0.25) is 4.79 Å². The fraction of sp³-hybridized carbons (Fsp3) is 0.278. The Morgan fingerprint density at radius 1 is 1.24 bits per heavy atom. The van der Waals surface area contributed by atoms with Crippen molar-refractivity contribution in [1.29, 1.82) is 0 Å². The maximum absolute atomic E-state index is 12.4. The van der Waals surface area contributed by atoms with Gasteiger partial charge in [0.2, 0.25) is 5.91 Å². The Hall–Kier alpha value is -2.54. The summed E-state index contributed by atoms with van der Waals surface area (Å²) >= 11 is 1.39. The lowest BCUT2D eigenvalue weighted by Crippen LogP contribution is -2.27. The number of furan rings is 1. The lowest BCUT2D eigenvalue weighted by atomic mass is 10.2. The van der Waals surface area contributed by atoms with Crippen LogP contribution in [0.25, 0.3) is 11.4 Å². The third-order valence-corrected chi connectivity index (χ3v) is 4.93. The second kappa shape index (κ2) is 7.57. The molecule has 1 amide bonds. The van der Waals surface area contributed by atoms with Crippen molar-refractivity contribution in [1.82, 2.24) is 14.8 Å². The van der Waals surface area contributed by atoms with Crippen molar-refractivity contribution in [3.8, 4) is 11.4 Å². The standard InChI is InChI=1S/C18H20N4O2S/c1-4-22-17(15-10-11-24-13(15)2)19-20-18(22)25-12-16(23)21(3)14-8-6-5-7-9-14/h5-11H,4,12H2,1-3H3. The van der Waals surface area contributed by atoms with E-state index in [0.29, 0.717) is 5.75 Å². The predicted octanol–water partition coefficient (Wildman–Crippen LogP) is 3.62. The Morgan fingerprint density at radius 3 is 2.64 bits per heavy atom. The number of hydrogen-bond donors (Lipinski definition) is 0. The van der Waals surface area contributed by atoms with Crippen LogP contribution in [0.4, 0.5) is 5.69 Å². The Morgan fingerprint density at radius 2 is 2.00 bits per heavy atom. The second-order valence-electron chi connectivity index (χ2n) is 5.52. The molecule has 0 bridgehead atoms. The minimum Gasteiger partial charge on any atom is -0.469 e. The van der Waals surface area contributed by atoms with E-state index < -0.39 is 0 Å². The van der Waals surface area contributed by atoms with Gasteiger partial charge in [0.05, 0.1) is 17.6 Å². The predicted molar refractivity (Wildman–Crippen MR) is 98.7 cm³/mol. The summed E-state index contributed by atoms with van der Waals surface area (Å²) in [6.07, 6.45) is 1.64. The number of rotatable bonds is 6. The van der Waals surface area contributed by atoms with E-state index in [0.717, 1.165) is 34.5 Å². The van der Waals surface area contributed by atoms with Gasteiger partial charge in [-0.25, -0.2) is 0 Å². The highest BCUT2D eigenvalue weighted by Crippen LogP contribution is 2.27. The van der Waals surface area contributed by atoms with Crippen molar-refractivity contribution in [3.63, 3.8) is 0 Å². The van der Waals surface area contributed by atoms with Gasteiger partial charge in [0, 0.05) is 19.3 Å². The first-order valence-corrected chi connectivity index (χ1v) is 9.02. The molecule has 0 saturated carbocycles. The molecule has 0 N–H and O–H groups in total. The summed E-state index contributed by atoms with van der Waals surface area (Å²) in [5.41, 5.74) is 1.80. The molecule has 0 saturated heterocycles. The Labute approximate surface area is 150 Å². The lowest BCUT2D eigenvalue weighted by Gasteiger charge is -2.16. The quantitative estimate of drug-likeness (QED) is 0.631. The first-order valence-electron chi connectivity index (χ1n) is 8.04. The van der Waals surface area contributed by atoms with Gasteiger partial charge in [0.25, 0.3) is 0 Å². The van der Waals surface area contributed by atoms with Gasteiger partial charge in [-0.2, -0.15) is 0 Å². The van der Waals surface area contributed by atoms with E-state index in [-0.39, 0.29) is 5.91 Å². The largest absolute Gasteiger partial charge is 0.469 e. The van der Waals surface area contributed by atoms with E-state index in [1.165, 1.54) is 11.8 Å². The van der Waals surface area contributed by atoms with Crippen LogP contribution in [0.3, 0.4) is 0 Å². The molecule has 0 fully saturated rings. The Kier molecular flexibility index (Phi) is 5.23. The maximum Gasteiger partial charge on any atom is 0.237 e. The van der Waals surface area contributed by atoms with Crippen LogP contribution in [0.5, 0.6) is 0 Å². The van der Waals surface area contributed by atoms with Crippen LogP contribution in [0.15, 0.2) is 52.2 Å². The number of carbonyl (C=O) groups excluding carboxylic acids is 1. The zero-order chi connectivity index (χ0) is 17.8. The summed E-state index contributed by atoms with van der Waals surface area (Å²) in [6, 6.07) is 11.5. The average Bonchev–Trinajstić information content (AvgIpc) is 3.24. The molecular weight excluding hydrogens is 336 g/mol.